The fourth-order valence-electron chi connectivity index (χ4n) is 1.88. The quantitative estimate of drug-likeness (QED) is 0.417. The number of non-ortho nitro benzene ring substituents is 1. The highest BCUT2D eigenvalue weighted by Gasteiger charge is 2.19. The molecule has 0 bridgehead atoms. The third-order valence-corrected chi connectivity index (χ3v) is 3.39. The molecule has 0 heterocycles. The van der Waals surface area contributed by atoms with Crippen molar-refractivity contribution in [1.82, 2.24) is 0 Å². The number of ether oxygens (including phenoxy) is 2. The first-order chi connectivity index (χ1) is 11.9. The Morgan fingerprint density at radius 3 is 2.08 bits per heavy atom. The number of nitro benzene ring substituents is 2. The van der Waals surface area contributed by atoms with Gasteiger partial charge in [-0.1, -0.05) is 11.6 Å². The number of methoxy groups -OCH3 is 2. The van der Waals surface area contributed by atoms with E-state index < -0.39 is 21.2 Å². The molecule has 0 aliphatic heterocycles. The van der Waals surface area contributed by atoms with Crippen LogP contribution < -0.4 is 9.47 Å². The third kappa shape index (κ3) is 3.98. The van der Waals surface area contributed by atoms with Crippen molar-refractivity contribution in [2.75, 3.05) is 14.2 Å². The van der Waals surface area contributed by atoms with Gasteiger partial charge in [-0.25, -0.2) is 0 Å². The average Bonchev–Trinajstić information content (AvgIpc) is 2.59. The van der Waals surface area contributed by atoms with Crippen LogP contribution in [0, 0.1) is 20.2 Å². The van der Waals surface area contributed by atoms with Crippen molar-refractivity contribution in [1.29, 1.82) is 0 Å². The van der Waals surface area contributed by atoms with Gasteiger partial charge in [0.15, 0.2) is 17.2 Å². The fourth-order valence-corrected chi connectivity index (χ4v) is 2.08. The maximum absolute atomic E-state index is 11.1. The molecule has 25 heavy (non-hydrogen) atoms. The van der Waals surface area contributed by atoms with E-state index in [1.54, 1.807) is 0 Å². The standard InChI is InChI=1S/C14H11ClN4O6/c1-24-13-6-9(15)11(7-14(13)25-2)17-16-10-4-3-8(18(20)21)5-12(10)19(22)23/h3-7H,1-2H3. The van der Waals surface area contributed by atoms with Crippen molar-refractivity contribution >= 4 is 34.4 Å². The van der Waals surface area contributed by atoms with Gasteiger partial charge >= 0.3 is 5.69 Å². The lowest BCUT2D eigenvalue weighted by molar-refractivity contribution is -0.393. The first-order valence-electron chi connectivity index (χ1n) is 6.63. The van der Waals surface area contributed by atoms with Crippen molar-refractivity contribution in [3.8, 4) is 11.5 Å². The Kier molecular flexibility index (Phi) is 5.45. The topological polar surface area (TPSA) is 129 Å². The van der Waals surface area contributed by atoms with E-state index in [0.29, 0.717) is 11.5 Å². The Labute approximate surface area is 146 Å². The van der Waals surface area contributed by atoms with Crippen molar-refractivity contribution < 1.29 is 19.3 Å². The second kappa shape index (κ2) is 7.53. The van der Waals surface area contributed by atoms with Crippen LogP contribution in [-0.4, -0.2) is 24.1 Å². The molecule has 0 saturated heterocycles. The SMILES string of the molecule is COc1cc(Cl)c(N=Nc2ccc([N+](=O)[O-])cc2[N+](=O)[O-])cc1OC. The Balaban J connectivity index is 2.46. The summed E-state index contributed by atoms with van der Waals surface area (Å²) in [5.41, 5.74) is -0.933. The normalized spacial score (nSPS) is 10.7. The van der Waals surface area contributed by atoms with Crippen molar-refractivity contribution in [2.24, 2.45) is 10.2 Å². The molecule has 0 aromatic heterocycles. The first kappa shape index (κ1) is 18.1. The lowest BCUT2D eigenvalue weighted by Crippen LogP contribution is -1.92. The van der Waals surface area contributed by atoms with Gasteiger partial charge < -0.3 is 9.47 Å². The zero-order valence-corrected chi connectivity index (χ0v) is 13.8. The van der Waals surface area contributed by atoms with Crippen LogP contribution in [0.3, 0.4) is 0 Å². The number of nitro groups is 2. The van der Waals surface area contributed by atoms with E-state index in [-0.39, 0.29) is 16.4 Å². The molecule has 2 aromatic carbocycles. The smallest absolute Gasteiger partial charge is 0.303 e. The van der Waals surface area contributed by atoms with Crippen LogP contribution in [0.25, 0.3) is 0 Å². The van der Waals surface area contributed by atoms with Crippen LogP contribution in [0.15, 0.2) is 40.6 Å². The Morgan fingerprint density at radius 2 is 1.52 bits per heavy atom. The van der Waals surface area contributed by atoms with E-state index in [1.807, 2.05) is 0 Å². The number of halogens is 1. The van der Waals surface area contributed by atoms with Gasteiger partial charge in [-0.3, -0.25) is 20.2 Å². The zero-order valence-electron chi connectivity index (χ0n) is 13.0. The molecular weight excluding hydrogens is 356 g/mol. The lowest BCUT2D eigenvalue weighted by atomic mass is 10.2. The highest BCUT2D eigenvalue weighted by atomic mass is 35.5. The predicted octanol–water partition coefficient (Wildman–Crippen LogP) is 4.59. The predicted molar refractivity (Wildman–Crippen MR) is 88.5 cm³/mol. The molecule has 0 radical (unpaired) electrons. The van der Waals surface area contributed by atoms with E-state index in [4.69, 9.17) is 21.1 Å². The zero-order chi connectivity index (χ0) is 18.6. The summed E-state index contributed by atoms with van der Waals surface area (Å²) in [6.45, 7) is 0. The lowest BCUT2D eigenvalue weighted by Gasteiger charge is -2.08. The molecule has 0 fully saturated rings. The summed E-state index contributed by atoms with van der Waals surface area (Å²) in [6, 6.07) is 5.94. The molecule has 0 spiro atoms. The minimum atomic E-state index is -0.780. The van der Waals surface area contributed by atoms with Crippen LogP contribution in [0.2, 0.25) is 5.02 Å². The molecule has 0 aliphatic rings. The number of benzene rings is 2. The summed E-state index contributed by atoms with van der Waals surface area (Å²) in [5.74, 6) is 0.729. The number of nitrogens with zero attached hydrogens (tertiary/aromatic N) is 4. The highest BCUT2D eigenvalue weighted by Crippen LogP contribution is 2.39. The molecule has 130 valence electrons. The van der Waals surface area contributed by atoms with Gasteiger partial charge in [0.1, 0.15) is 5.69 Å². The number of rotatable bonds is 6. The van der Waals surface area contributed by atoms with Crippen LogP contribution >= 0.6 is 11.6 Å². The minimum absolute atomic E-state index is 0.151. The molecule has 10 nitrogen and oxygen atoms in total. The second-order valence-electron chi connectivity index (χ2n) is 4.55. The largest absolute Gasteiger partial charge is 0.493 e. The van der Waals surface area contributed by atoms with Gasteiger partial charge in [-0.05, 0) is 6.07 Å². The molecule has 0 N–H and O–H groups in total. The summed E-state index contributed by atoms with van der Waals surface area (Å²) in [7, 11) is 2.86. The van der Waals surface area contributed by atoms with Gasteiger partial charge in [0, 0.05) is 18.2 Å². The van der Waals surface area contributed by atoms with E-state index >= 15 is 0 Å². The van der Waals surface area contributed by atoms with Gasteiger partial charge in [0.25, 0.3) is 5.69 Å². The van der Waals surface area contributed by atoms with E-state index in [0.717, 1.165) is 18.2 Å². The molecule has 0 unspecified atom stereocenters. The first-order valence-corrected chi connectivity index (χ1v) is 7.01. The summed E-state index contributed by atoms with van der Waals surface area (Å²) < 4.78 is 10.2. The summed E-state index contributed by atoms with van der Waals surface area (Å²) in [5, 5.41) is 29.6. The summed E-state index contributed by atoms with van der Waals surface area (Å²) in [6.07, 6.45) is 0. The number of hydrogen-bond acceptors (Lipinski definition) is 8. The van der Waals surface area contributed by atoms with E-state index in [2.05, 4.69) is 10.2 Å². The summed E-state index contributed by atoms with van der Waals surface area (Å²) >= 11 is 6.06. The second-order valence-corrected chi connectivity index (χ2v) is 4.95. The maximum atomic E-state index is 11.1. The molecule has 2 rings (SSSR count). The molecule has 0 aliphatic carbocycles. The van der Waals surface area contributed by atoms with Crippen LogP contribution in [0.1, 0.15) is 0 Å². The summed E-state index contributed by atoms with van der Waals surface area (Å²) in [4.78, 5) is 20.3. The molecule has 0 atom stereocenters. The van der Waals surface area contributed by atoms with Crippen LogP contribution in [0.4, 0.5) is 22.7 Å². The number of hydrogen-bond donors (Lipinski definition) is 0. The minimum Gasteiger partial charge on any atom is -0.493 e. The van der Waals surface area contributed by atoms with Crippen LogP contribution in [-0.2, 0) is 0 Å². The van der Waals surface area contributed by atoms with Gasteiger partial charge in [-0.2, -0.15) is 0 Å². The van der Waals surface area contributed by atoms with Crippen molar-refractivity contribution in [3.05, 3.63) is 55.6 Å². The van der Waals surface area contributed by atoms with Crippen molar-refractivity contribution in [2.45, 2.75) is 0 Å². The Morgan fingerprint density at radius 1 is 0.920 bits per heavy atom. The van der Waals surface area contributed by atoms with Gasteiger partial charge in [-0.15, -0.1) is 10.2 Å². The van der Waals surface area contributed by atoms with Gasteiger partial charge in [0.05, 0.1) is 35.2 Å². The Bertz CT molecular complexity index is 871. The fraction of sp³-hybridized carbons (Fsp3) is 0.143. The Hall–Kier alpha value is -3.27. The van der Waals surface area contributed by atoms with E-state index in [1.165, 1.54) is 26.4 Å². The number of azo groups is 1. The van der Waals surface area contributed by atoms with Gasteiger partial charge in [0.2, 0.25) is 0 Å². The monoisotopic (exact) mass is 366 g/mol. The highest BCUT2D eigenvalue weighted by molar-refractivity contribution is 6.33. The van der Waals surface area contributed by atoms with Crippen LogP contribution in [0.5, 0.6) is 11.5 Å². The third-order valence-electron chi connectivity index (χ3n) is 3.08. The molecule has 11 heteroatoms. The molecule has 0 amide bonds. The molecule has 2 aromatic rings. The molecule has 0 saturated carbocycles. The molecular formula is C14H11ClN4O6. The van der Waals surface area contributed by atoms with E-state index in [9.17, 15) is 20.2 Å². The van der Waals surface area contributed by atoms with Crippen molar-refractivity contribution in [3.63, 3.8) is 0 Å². The maximum Gasteiger partial charge on any atom is 0.303 e. The average molecular weight is 367 g/mol.